The molecule has 0 nitrogen and oxygen atoms in total. The number of hydrogen-bond acceptors (Lipinski definition) is 0. The van der Waals surface area contributed by atoms with E-state index in [1.165, 1.54) is 7.96 Å². The van der Waals surface area contributed by atoms with Crippen LogP contribution in [0.15, 0.2) is 0 Å². The van der Waals surface area contributed by atoms with Gasteiger partial charge >= 0.3 is 46.0 Å². The molecular formula is C4H10Pb+2. The Hall–Kier alpha value is 0.922. The average Bonchev–Trinajstić information content (AvgIpc) is 1.41. The maximum absolute atomic E-state index is 2.30. The summed E-state index contributed by atoms with van der Waals surface area (Å²) in [6.45, 7) is 4.60. The fraction of sp³-hybridized carbons (Fsp3) is 1.00. The summed E-state index contributed by atoms with van der Waals surface area (Å²) in [7, 11) is 0. The molecule has 5 heavy (non-hydrogen) atoms. The Kier molecular flexibility index (Phi) is 5.83. The molecule has 0 fully saturated rings. The van der Waals surface area contributed by atoms with E-state index >= 15 is 0 Å². The molecule has 0 aromatic carbocycles. The van der Waals surface area contributed by atoms with Crippen LogP contribution in [0.3, 0.4) is 0 Å². The summed E-state index contributed by atoms with van der Waals surface area (Å²) in [5, 5.41) is 0. The molecule has 0 spiro atoms. The van der Waals surface area contributed by atoms with Gasteiger partial charge in [0.1, 0.15) is 0 Å². The van der Waals surface area contributed by atoms with E-state index in [2.05, 4.69) is 13.8 Å². The summed E-state index contributed by atoms with van der Waals surface area (Å²) in [4.78, 5) is 0. The van der Waals surface area contributed by atoms with E-state index in [0.29, 0.717) is 0 Å². The third kappa shape index (κ3) is 4.92. The van der Waals surface area contributed by atoms with Gasteiger partial charge in [-0.2, -0.15) is 0 Å². The SMILES string of the molecule is C[CH2][Pb+2][CH2]C. The minimum absolute atomic E-state index is 0.0494. The zero-order chi connectivity index (χ0) is 4.12. The van der Waals surface area contributed by atoms with E-state index in [4.69, 9.17) is 0 Å². The molecule has 0 aromatic rings. The predicted octanol–water partition coefficient (Wildman–Crippen LogP) is 1.57. The molecule has 0 amide bonds. The van der Waals surface area contributed by atoms with Gasteiger partial charge in [-0.1, -0.05) is 0 Å². The minimum atomic E-state index is 0.0494. The van der Waals surface area contributed by atoms with Gasteiger partial charge in [0.2, 0.25) is 0 Å². The van der Waals surface area contributed by atoms with Gasteiger partial charge in [0.15, 0.2) is 0 Å². The second-order valence-electron chi connectivity index (χ2n) is 0.957. The standard InChI is InChI=1S/2C2H5.Pb/c2*1-2;/h2*1H2,2H3;/q;;+2. The van der Waals surface area contributed by atoms with Crippen LogP contribution in [0.4, 0.5) is 0 Å². The van der Waals surface area contributed by atoms with Gasteiger partial charge in [-0.3, -0.25) is 0 Å². The molecule has 0 saturated heterocycles. The Morgan fingerprint density at radius 3 is 1.60 bits per heavy atom. The first-order chi connectivity index (χ1) is 2.41. The van der Waals surface area contributed by atoms with E-state index < -0.39 is 0 Å². The summed E-state index contributed by atoms with van der Waals surface area (Å²) in [5.74, 6) is 0. The van der Waals surface area contributed by atoms with Gasteiger partial charge in [-0.05, 0) is 0 Å². The summed E-state index contributed by atoms with van der Waals surface area (Å²) in [6.07, 6.45) is 0. The molecule has 0 aromatic heterocycles. The molecule has 0 radical (unpaired) electrons. The summed E-state index contributed by atoms with van der Waals surface area (Å²) >= 11 is 0.0494. The first-order valence-electron chi connectivity index (χ1n) is 2.12. The van der Waals surface area contributed by atoms with Crippen LogP contribution in [0.5, 0.6) is 0 Å². The second-order valence-corrected chi connectivity index (χ2v) is 8.40. The molecular weight excluding hydrogens is 255 g/mol. The van der Waals surface area contributed by atoms with Gasteiger partial charge < -0.3 is 0 Å². The van der Waals surface area contributed by atoms with E-state index in [0.717, 1.165) is 0 Å². The Morgan fingerprint density at radius 2 is 1.60 bits per heavy atom. The van der Waals surface area contributed by atoms with Crippen molar-refractivity contribution < 1.29 is 0 Å². The fourth-order valence-electron chi connectivity index (χ4n) is 0.250. The van der Waals surface area contributed by atoms with Crippen molar-refractivity contribution in [3.05, 3.63) is 0 Å². The Balaban J connectivity index is 2.19. The Bertz CT molecular complexity index is 11.1. The van der Waals surface area contributed by atoms with Crippen LogP contribution < -0.4 is 0 Å². The van der Waals surface area contributed by atoms with Crippen LogP contribution >= 0.6 is 0 Å². The quantitative estimate of drug-likeness (QED) is 0.665. The summed E-state index contributed by atoms with van der Waals surface area (Å²) < 4.78 is 3.08. The summed E-state index contributed by atoms with van der Waals surface area (Å²) in [6, 6.07) is 0. The molecule has 0 heterocycles. The van der Waals surface area contributed by atoms with Crippen molar-refractivity contribution in [1.82, 2.24) is 0 Å². The van der Waals surface area contributed by atoms with Crippen molar-refractivity contribution in [3.8, 4) is 0 Å². The van der Waals surface area contributed by atoms with Crippen LogP contribution in [-0.4, -0.2) is 24.2 Å². The third-order valence-electron chi connectivity index (χ3n) is 0.500. The molecule has 0 aliphatic heterocycles. The van der Waals surface area contributed by atoms with E-state index in [1.807, 2.05) is 0 Å². The van der Waals surface area contributed by atoms with E-state index in [1.54, 1.807) is 0 Å². The average molecular weight is 265 g/mol. The number of rotatable bonds is 2. The van der Waals surface area contributed by atoms with Crippen molar-refractivity contribution in [2.24, 2.45) is 0 Å². The van der Waals surface area contributed by atoms with Gasteiger partial charge in [0.05, 0.1) is 0 Å². The zero-order valence-corrected chi connectivity index (χ0v) is 7.80. The van der Waals surface area contributed by atoms with Gasteiger partial charge in [-0.25, -0.2) is 0 Å². The molecule has 0 rings (SSSR count). The molecule has 28 valence electrons. The van der Waals surface area contributed by atoms with Crippen molar-refractivity contribution in [3.63, 3.8) is 0 Å². The molecule has 0 aliphatic carbocycles. The van der Waals surface area contributed by atoms with Gasteiger partial charge in [0, 0.05) is 0 Å². The Morgan fingerprint density at radius 1 is 1.20 bits per heavy atom. The van der Waals surface area contributed by atoms with Crippen LogP contribution in [0.2, 0.25) is 7.96 Å². The monoisotopic (exact) mass is 266 g/mol. The molecule has 1 heteroatoms. The van der Waals surface area contributed by atoms with Gasteiger partial charge in [-0.15, -0.1) is 0 Å². The molecule has 0 saturated carbocycles. The summed E-state index contributed by atoms with van der Waals surface area (Å²) in [5.41, 5.74) is 0. The molecule has 0 bridgehead atoms. The topological polar surface area (TPSA) is 0 Å². The van der Waals surface area contributed by atoms with Crippen molar-refractivity contribution in [1.29, 1.82) is 0 Å². The van der Waals surface area contributed by atoms with Crippen LogP contribution in [0.1, 0.15) is 13.8 Å². The normalized spacial score (nSPS) is 6.80. The van der Waals surface area contributed by atoms with Crippen LogP contribution in [0.25, 0.3) is 0 Å². The van der Waals surface area contributed by atoms with Crippen molar-refractivity contribution >= 4 is 24.2 Å². The number of hydrogen-bond donors (Lipinski definition) is 0. The zero-order valence-electron chi connectivity index (χ0n) is 3.91. The molecule has 0 aliphatic rings. The second kappa shape index (κ2) is 4.92. The molecule has 0 N–H and O–H groups in total. The first-order valence-corrected chi connectivity index (χ1v) is 7.62. The third-order valence-corrected chi connectivity index (χ3v) is 4.39. The van der Waals surface area contributed by atoms with Crippen molar-refractivity contribution in [2.45, 2.75) is 21.8 Å². The Labute approximate surface area is 46.2 Å². The van der Waals surface area contributed by atoms with Crippen molar-refractivity contribution in [2.75, 3.05) is 0 Å². The first kappa shape index (κ1) is 5.92. The van der Waals surface area contributed by atoms with Crippen LogP contribution in [-0.2, 0) is 0 Å². The predicted molar refractivity (Wildman–Crippen MR) is 26.7 cm³/mol. The van der Waals surface area contributed by atoms with Gasteiger partial charge in [0.25, 0.3) is 0 Å². The van der Waals surface area contributed by atoms with E-state index in [9.17, 15) is 0 Å². The fourth-order valence-corrected chi connectivity index (χ4v) is 2.19. The van der Waals surface area contributed by atoms with E-state index in [-0.39, 0.29) is 24.2 Å². The molecule has 0 unspecified atom stereocenters. The van der Waals surface area contributed by atoms with Crippen LogP contribution in [0, 0.1) is 0 Å². The molecule has 0 atom stereocenters. The maximum atomic E-state index is 2.30.